The van der Waals surface area contributed by atoms with Gasteiger partial charge >= 0.3 is 12.0 Å². The molecule has 3 amide bonds. The van der Waals surface area contributed by atoms with Crippen LogP contribution in [0.4, 0.5) is 4.79 Å². The van der Waals surface area contributed by atoms with Crippen LogP contribution in [0.1, 0.15) is 24.2 Å². The molecule has 7 heteroatoms. The van der Waals surface area contributed by atoms with Crippen molar-refractivity contribution >= 4 is 24.0 Å². The van der Waals surface area contributed by atoms with Crippen molar-refractivity contribution < 1.29 is 23.9 Å². The molecule has 28 heavy (non-hydrogen) atoms. The second kappa shape index (κ2) is 10.5. The number of urea groups is 1. The maximum Gasteiger partial charge on any atom is 0.331 e. The number of hydrogen-bond donors (Lipinski definition) is 2. The summed E-state index contributed by atoms with van der Waals surface area (Å²) in [5, 5.41) is 4.62. The zero-order chi connectivity index (χ0) is 20.4. The van der Waals surface area contributed by atoms with Crippen molar-refractivity contribution in [2.45, 2.75) is 13.0 Å². The Morgan fingerprint density at radius 3 is 2.39 bits per heavy atom. The number of rotatable bonds is 7. The molecule has 0 bridgehead atoms. The van der Waals surface area contributed by atoms with Gasteiger partial charge in [-0.25, -0.2) is 9.59 Å². The normalized spacial score (nSPS) is 11.5. The third-order valence-electron chi connectivity index (χ3n) is 3.69. The Morgan fingerprint density at radius 2 is 1.71 bits per heavy atom. The van der Waals surface area contributed by atoms with Crippen molar-refractivity contribution in [2.75, 3.05) is 13.7 Å². The highest BCUT2D eigenvalue weighted by Gasteiger charge is 2.25. The van der Waals surface area contributed by atoms with E-state index in [1.54, 1.807) is 55.5 Å². The van der Waals surface area contributed by atoms with Gasteiger partial charge in [-0.15, -0.1) is 0 Å². The van der Waals surface area contributed by atoms with E-state index >= 15 is 0 Å². The number of carbonyl (C=O) groups excluding carboxylic acids is 3. The molecule has 2 N–H and O–H groups in total. The molecule has 7 nitrogen and oxygen atoms in total. The van der Waals surface area contributed by atoms with Crippen LogP contribution >= 0.6 is 0 Å². The maximum atomic E-state index is 12.4. The molecule has 0 aromatic heterocycles. The van der Waals surface area contributed by atoms with E-state index in [4.69, 9.17) is 9.47 Å². The van der Waals surface area contributed by atoms with Crippen molar-refractivity contribution in [1.29, 1.82) is 0 Å². The Hall–Kier alpha value is -3.61. The van der Waals surface area contributed by atoms with E-state index in [2.05, 4.69) is 10.6 Å². The van der Waals surface area contributed by atoms with E-state index in [0.29, 0.717) is 23.4 Å². The van der Waals surface area contributed by atoms with Gasteiger partial charge in [-0.1, -0.05) is 48.5 Å². The molecule has 2 aromatic rings. The molecular weight excluding hydrogens is 360 g/mol. The summed E-state index contributed by atoms with van der Waals surface area (Å²) >= 11 is 0. The topological polar surface area (TPSA) is 93.7 Å². The minimum atomic E-state index is -1.27. The summed E-state index contributed by atoms with van der Waals surface area (Å²) < 4.78 is 10.5. The third-order valence-corrected chi connectivity index (χ3v) is 3.69. The highest BCUT2D eigenvalue weighted by atomic mass is 16.5. The molecule has 0 spiro atoms. The molecule has 0 aliphatic carbocycles. The molecule has 0 heterocycles. The summed E-state index contributed by atoms with van der Waals surface area (Å²) in [6.07, 6.45) is 1.47. The van der Waals surface area contributed by atoms with Crippen LogP contribution in [-0.4, -0.2) is 31.6 Å². The van der Waals surface area contributed by atoms with E-state index in [-0.39, 0.29) is 0 Å². The quantitative estimate of drug-likeness (QED) is 0.567. The van der Waals surface area contributed by atoms with Gasteiger partial charge in [-0.3, -0.25) is 10.1 Å². The molecule has 2 aromatic carbocycles. The fourth-order valence-corrected chi connectivity index (χ4v) is 2.40. The largest absolute Gasteiger partial charge is 0.496 e. The van der Waals surface area contributed by atoms with E-state index in [9.17, 15) is 14.4 Å². The number of esters is 1. The predicted octanol–water partition coefficient (Wildman–Crippen LogP) is 2.84. The lowest BCUT2D eigenvalue weighted by atomic mass is 10.1. The predicted molar refractivity (Wildman–Crippen MR) is 105 cm³/mol. The van der Waals surface area contributed by atoms with E-state index in [1.165, 1.54) is 19.3 Å². The van der Waals surface area contributed by atoms with Gasteiger partial charge in [-0.2, -0.15) is 0 Å². The van der Waals surface area contributed by atoms with Gasteiger partial charge in [-0.05, 0) is 19.1 Å². The van der Waals surface area contributed by atoms with Crippen LogP contribution in [0, 0.1) is 0 Å². The Labute approximate surface area is 163 Å². The SMILES string of the molecule is CCNC(=O)NC(=O)[C@H](OC(=O)/C=C/c1ccccc1OC)c1ccccc1. The van der Waals surface area contributed by atoms with Gasteiger partial charge in [0.05, 0.1) is 7.11 Å². The number of hydrogen-bond acceptors (Lipinski definition) is 5. The second-order valence-electron chi connectivity index (χ2n) is 5.65. The van der Waals surface area contributed by atoms with Crippen LogP contribution in [0.3, 0.4) is 0 Å². The summed E-state index contributed by atoms with van der Waals surface area (Å²) in [5.41, 5.74) is 1.13. The molecule has 146 valence electrons. The number of imide groups is 1. The summed E-state index contributed by atoms with van der Waals surface area (Å²) in [4.78, 5) is 36.4. The number of para-hydroxylation sites is 1. The number of nitrogens with one attached hydrogen (secondary N) is 2. The van der Waals surface area contributed by atoms with Crippen molar-refractivity contribution in [3.05, 3.63) is 71.8 Å². The van der Waals surface area contributed by atoms with Crippen molar-refractivity contribution in [3.63, 3.8) is 0 Å². The molecule has 0 unspecified atom stereocenters. The first-order chi connectivity index (χ1) is 13.5. The van der Waals surface area contributed by atoms with E-state index < -0.39 is 24.0 Å². The standard InChI is InChI=1S/C21H22N2O5/c1-3-22-21(26)23-20(25)19(16-10-5-4-6-11-16)28-18(24)14-13-15-9-7-8-12-17(15)27-2/h4-14,19H,3H2,1-2H3,(H2,22,23,25,26)/b14-13+/t19-/m1/s1. The molecule has 0 aliphatic heterocycles. The lowest BCUT2D eigenvalue weighted by Gasteiger charge is -2.16. The highest BCUT2D eigenvalue weighted by molar-refractivity contribution is 5.98. The molecule has 0 radical (unpaired) electrons. The summed E-state index contributed by atoms with van der Waals surface area (Å²) in [7, 11) is 1.53. The third kappa shape index (κ3) is 5.98. The number of amides is 3. The zero-order valence-electron chi connectivity index (χ0n) is 15.7. The molecule has 1 atom stereocenters. The average Bonchev–Trinajstić information content (AvgIpc) is 2.71. The number of ether oxygens (including phenoxy) is 2. The van der Waals surface area contributed by atoms with E-state index in [1.807, 2.05) is 6.07 Å². The Bertz CT molecular complexity index is 849. The first-order valence-electron chi connectivity index (χ1n) is 8.70. The van der Waals surface area contributed by atoms with E-state index in [0.717, 1.165) is 0 Å². The van der Waals surface area contributed by atoms with Gasteiger partial charge < -0.3 is 14.8 Å². The van der Waals surface area contributed by atoms with Gasteiger partial charge in [0.2, 0.25) is 6.10 Å². The zero-order valence-corrected chi connectivity index (χ0v) is 15.7. The monoisotopic (exact) mass is 382 g/mol. The minimum absolute atomic E-state index is 0.358. The van der Waals surface area contributed by atoms with Crippen molar-refractivity contribution in [2.24, 2.45) is 0 Å². The van der Waals surface area contributed by atoms with Crippen molar-refractivity contribution in [3.8, 4) is 5.75 Å². The van der Waals surface area contributed by atoms with Gasteiger partial charge in [0, 0.05) is 23.7 Å². The summed E-state index contributed by atoms with van der Waals surface area (Å²) in [6, 6.07) is 15.0. The lowest BCUT2D eigenvalue weighted by molar-refractivity contribution is -0.151. The van der Waals surface area contributed by atoms with Crippen LogP contribution in [0.15, 0.2) is 60.7 Å². The van der Waals surface area contributed by atoms with Crippen LogP contribution < -0.4 is 15.4 Å². The van der Waals surface area contributed by atoms with Crippen molar-refractivity contribution in [1.82, 2.24) is 10.6 Å². The van der Waals surface area contributed by atoms with Gasteiger partial charge in [0.25, 0.3) is 5.91 Å². The molecule has 0 aliphatic rings. The molecule has 0 fully saturated rings. The van der Waals surface area contributed by atoms with Gasteiger partial charge in [0.1, 0.15) is 5.75 Å². The minimum Gasteiger partial charge on any atom is -0.496 e. The number of carbonyl (C=O) groups is 3. The average molecular weight is 382 g/mol. The van der Waals surface area contributed by atoms with Gasteiger partial charge in [0.15, 0.2) is 0 Å². The first-order valence-corrected chi connectivity index (χ1v) is 8.70. The molecule has 0 saturated heterocycles. The summed E-state index contributed by atoms with van der Waals surface area (Å²) in [5.74, 6) is -0.873. The molecule has 0 saturated carbocycles. The lowest BCUT2D eigenvalue weighted by Crippen LogP contribution is -2.42. The fraction of sp³-hybridized carbons (Fsp3) is 0.190. The van der Waals surface area contributed by atoms with Crippen LogP contribution in [0.5, 0.6) is 5.75 Å². The number of benzene rings is 2. The maximum absolute atomic E-state index is 12.4. The van der Waals surface area contributed by atoms with Crippen LogP contribution in [-0.2, 0) is 14.3 Å². The van der Waals surface area contributed by atoms with Crippen LogP contribution in [0.25, 0.3) is 6.08 Å². The summed E-state index contributed by atoms with van der Waals surface area (Å²) in [6.45, 7) is 2.08. The number of methoxy groups -OCH3 is 1. The smallest absolute Gasteiger partial charge is 0.331 e. The second-order valence-corrected chi connectivity index (χ2v) is 5.65. The van der Waals surface area contributed by atoms with Crippen LogP contribution in [0.2, 0.25) is 0 Å². The Kier molecular flexibility index (Phi) is 7.77. The molecule has 2 rings (SSSR count). The molecular formula is C21H22N2O5. The Balaban J connectivity index is 2.15. The first kappa shape index (κ1) is 20.7. The highest BCUT2D eigenvalue weighted by Crippen LogP contribution is 2.20. The Morgan fingerprint density at radius 1 is 1.04 bits per heavy atom. The fourth-order valence-electron chi connectivity index (χ4n) is 2.40.